The molecule has 0 unspecified atom stereocenters. The Kier molecular flexibility index (Phi) is 8.50. The van der Waals surface area contributed by atoms with Gasteiger partial charge in [0.25, 0.3) is 5.56 Å². The average molecular weight is 475 g/mol. The number of carbonyl (C=O) groups excluding carboxylic acids is 1. The quantitative estimate of drug-likeness (QED) is 0.532. The Labute approximate surface area is 185 Å². The van der Waals surface area contributed by atoms with Gasteiger partial charge >= 0.3 is 11.9 Å². The number of aromatic nitrogens is 3. The fourth-order valence-electron chi connectivity index (χ4n) is 2.78. The summed E-state index contributed by atoms with van der Waals surface area (Å²) in [5.74, 6) is -0.905. The molecule has 9 nitrogen and oxygen atoms in total. The highest BCUT2D eigenvalue weighted by atomic mass is 32.2. The Morgan fingerprint density at radius 2 is 2.03 bits per heavy atom. The number of methoxy groups -OCH3 is 1. The number of anilines is 2. The number of halogens is 3. The highest BCUT2D eigenvalue weighted by Gasteiger charge is 2.31. The maximum absolute atomic E-state index is 12.9. The van der Waals surface area contributed by atoms with Crippen LogP contribution in [-0.4, -0.2) is 46.5 Å². The van der Waals surface area contributed by atoms with Crippen LogP contribution in [0.3, 0.4) is 0 Å². The molecule has 176 valence electrons. The molecule has 2 heterocycles. The molecule has 0 saturated heterocycles. The zero-order valence-electron chi connectivity index (χ0n) is 17.7. The van der Waals surface area contributed by atoms with E-state index in [1.807, 2.05) is 13.8 Å². The van der Waals surface area contributed by atoms with Gasteiger partial charge in [-0.1, -0.05) is 25.6 Å². The lowest BCUT2D eigenvalue weighted by atomic mass is 10.2. The number of thioether (sulfide) groups is 1. The molecule has 2 rings (SSSR count). The van der Waals surface area contributed by atoms with Gasteiger partial charge in [-0.25, -0.2) is 9.78 Å². The van der Waals surface area contributed by atoms with Gasteiger partial charge in [0.1, 0.15) is 5.82 Å². The molecule has 0 aromatic carbocycles. The molecule has 0 spiro atoms. The minimum atomic E-state index is -4.51. The number of nitrogens with two attached hydrogens (primary N) is 1. The number of H-pyrrole nitrogens is 1. The van der Waals surface area contributed by atoms with Crippen LogP contribution in [0.5, 0.6) is 0 Å². The Morgan fingerprint density at radius 3 is 2.56 bits per heavy atom. The predicted octanol–water partition coefficient (Wildman–Crippen LogP) is 1.96. The van der Waals surface area contributed by atoms with Crippen LogP contribution in [0.2, 0.25) is 0 Å². The number of nitrogens with one attached hydrogen (secondary N) is 1. The number of nitrogen functional groups attached to an aromatic ring is 1. The van der Waals surface area contributed by atoms with Gasteiger partial charge in [0.15, 0.2) is 5.69 Å². The molecule has 2 aromatic heterocycles. The van der Waals surface area contributed by atoms with Crippen molar-refractivity contribution in [2.75, 3.05) is 36.6 Å². The van der Waals surface area contributed by atoms with Gasteiger partial charge in [0.2, 0.25) is 5.91 Å². The molecule has 0 aliphatic rings. The highest BCUT2D eigenvalue weighted by molar-refractivity contribution is 7.99. The van der Waals surface area contributed by atoms with Crippen LogP contribution in [0.1, 0.15) is 19.4 Å². The van der Waals surface area contributed by atoms with Crippen LogP contribution in [-0.2, 0) is 22.3 Å². The van der Waals surface area contributed by atoms with E-state index in [0.29, 0.717) is 6.20 Å². The van der Waals surface area contributed by atoms with Crippen LogP contribution in [0.15, 0.2) is 32.9 Å². The summed E-state index contributed by atoms with van der Waals surface area (Å²) in [6, 6.07) is 2.03. The second-order valence-electron chi connectivity index (χ2n) is 7.21. The molecule has 0 atom stereocenters. The van der Waals surface area contributed by atoms with Gasteiger partial charge < -0.3 is 15.4 Å². The zero-order valence-corrected chi connectivity index (χ0v) is 18.5. The van der Waals surface area contributed by atoms with Crippen molar-refractivity contribution >= 4 is 29.2 Å². The van der Waals surface area contributed by atoms with Gasteiger partial charge in [0, 0.05) is 26.4 Å². The van der Waals surface area contributed by atoms with E-state index in [0.717, 1.165) is 28.8 Å². The van der Waals surface area contributed by atoms with Crippen molar-refractivity contribution in [3.8, 4) is 0 Å². The summed E-state index contributed by atoms with van der Waals surface area (Å²) >= 11 is 0.902. The number of pyridine rings is 1. The minimum absolute atomic E-state index is 0.0243. The number of aromatic amines is 1. The molecule has 0 saturated carbocycles. The first-order valence-corrected chi connectivity index (χ1v) is 10.5. The number of rotatable bonds is 9. The Hall–Kier alpha value is -2.80. The lowest BCUT2D eigenvalue weighted by Gasteiger charge is -2.24. The van der Waals surface area contributed by atoms with Crippen molar-refractivity contribution < 1.29 is 22.7 Å². The molecule has 0 radical (unpaired) electrons. The SMILES string of the molecule is COCCN(C(=O)CSc1ccc(C(F)(F)F)cn1)c1c(N)n(CC(C)C)c(=O)[nH]c1=O. The summed E-state index contributed by atoms with van der Waals surface area (Å²) in [6.07, 6.45) is -3.83. The first-order chi connectivity index (χ1) is 15.0. The first kappa shape index (κ1) is 25.5. The van der Waals surface area contributed by atoms with Crippen LogP contribution >= 0.6 is 11.8 Å². The summed E-state index contributed by atoms with van der Waals surface area (Å²) in [6.45, 7) is 4.00. The third-order valence-electron chi connectivity index (χ3n) is 4.26. The highest BCUT2D eigenvalue weighted by Crippen LogP contribution is 2.29. The first-order valence-electron chi connectivity index (χ1n) is 9.53. The van der Waals surface area contributed by atoms with Crippen molar-refractivity contribution in [2.24, 2.45) is 5.92 Å². The third kappa shape index (κ3) is 6.36. The standard InChI is InChI=1S/C19H24F3N5O4S/c1-11(2)9-27-16(23)15(17(29)25-18(27)30)26(6-7-31-3)14(28)10-32-13-5-4-12(8-24-13)19(20,21)22/h4-5,8,11H,6-7,9-10,23H2,1-3H3,(H,25,29,30). The summed E-state index contributed by atoms with van der Waals surface area (Å²) in [7, 11) is 1.41. The zero-order chi connectivity index (χ0) is 24.1. The Balaban J connectivity index is 2.31. The summed E-state index contributed by atoms with van der Waals surface area (Å²) in [5.41, 5.74) is 3.49. The Bertz CT molecular complexity index is 1050. The van der Waals surface area contributed by atoms with E-state index >= 15 is 0 Å². The largest absolute Gasteiger partial charge is 0.417 e. The van der Waals surface area contributed by atoms with Crippen LogP contribution < -0.4 is 21.9 Å². The fourth-order valence-corrected chi connectivity index (χ4v) is 3.49. The number of carbonyl (C=O) groups is 1. The van der Waals surface area contributed by atoms with E-state index in [1.165, 1.54) is 11.7 Å². The summed E-state index contributed by atoms with van der Waals surface area (Å²) < 4.78 is 44.2. The fraction of sp³-hybridized carbons (Fsp3) is 0.474. The van der Waals surface area contributed by atoms with Crippen molar-refractivity contribution in [3.63, 3.8) is 0 Å². The van der Waals surface area contributed by atoms with E-state index in [9.17, 15) is 27.6 Å². The maximum Gasteiger partial charge on any atom is 0.417 e. The molecule has 0 fully saturated rings. The molecular formula is C19H24F3N5O4S. The molecule has 3 N–H and O–H groups in total. The topological polar surface area (TPSA) is 123 Å². The van der Waals surface area contributed by atoms with Gasteiger partial charge in [-0.3, -0.25) is 19.1 Å². The molecule has 2 aromatic rings. The maximum atomic E-state index is 12.9. The molecule has 32 heavy (non-hydrogen) atoms. The number of alkyl halides is 3. The van der Waals surface area contributed by atoms with E-state index in [2.05, 4.69) is 9.97 Å². The van der Waals surface area contributed by atoms with Crippen LogP contribution in [0, 0.1) is 5.92 Å². The van der Waals surface area contributed by atoms with E-state index in [1.54, 1.807) is 0 Å². The average Bonchev–Trinajstić information content (AvgIpc) is 2.71. The second-order valence-corrected chi connectivity index (χ2v) is 8.20. The molecule has 0 aliphatic heterocycles. The molecule has 0 bridgehead atoms. The van der Waals surface area contributed by atoms with Crippen LogP contribution in [0.25, 0.3) is 0 Å². The van der Waals surface area contributed by atoms with E-state index < -0.39 is 28.9 Å². The lowest BCUT2D eigenvalue weighted by molar-refractivity contribution is -0.137. The second kappa shape index (κ2) is 10.7. The summed E-state index contributed by atoms with van der Waals surface area (Å²) in [5, 5.41) is 0.199. The number of amides is 1. The monoisotopic (exact) mass is 475 g/mol. The number of ether oxygens (including phenoxy) is 1. The molecule has 1 amide bonds. The van der Waals surface area contributed by atoms with E-state index in [-0.39, 0.29) is 47.9 Å². The van der Waals surface area contributed by atoms with Crippen LogP contribution in [0.4, 0.5) is 24.7 Å². The number of hydrogen-bond acceptors (Lipinski definition) is 7. The van der Waals surface area contributed by atoms with Crippen molar-refractivity contribution in [3.05, 3.63) is 44.7 Å². The normalized spacial score (nSPS) is 11.7. The Morgan fingerprint density at radius 1 is 1.34 bits per heavy atom. The lowest BCUT2D eigenvalue weighted by Crippen LogP contribution is -2.43. The predicted molar refractivity (Wildman–Crippen MR) is 115 cm³/mol. The number of hydrogen-bond donors (Lipinski definition) is 2. The van der Waals surface area contributed by atoms with Gasteiger partial charge in [-0.2, -0.15) is 13.2 Å². The van der Waals surface area contributed by atoms with Gasteiger partial charge in [-0.05, 0) is 18.1 Å². The van der Waals surface area contributed by atoms with Crippen molar-refractivity contribution in [1.29, 1.82) is 0 Å². The molecule has 13 heteroatoms. The van der Waals surface area contributed by atoms with Gasteiger partial charge in [-0.15, -0.1) is 0 Å². The summed E-state index contributed by atoms with van der Waals surface area (Å²) in [4.78, 5) is 44.6. The van der Waals surface area contributed by atoms with Crippen molar-refractivity contribution in [2.45, 2.75) is 31.6 Å². The van der Waals surface area contributed by atoms with E-state index in [4.69, 9.17) is 10.5 Å². The molecule has 0 aliphatic carbocycles. The van der Waals surface area contributed by atoms with Gasteiger partial charge in [0.05, 0.1) is 22.9 Å². The smallest absolute Gasteiger partial charge is 0.383 e. The number of nitrogens with zero attached hydrogens (tertiary/aromatic N) is 3. The van der Waals surface area contributed by atoms with Crippen molar-refractivity contribution in [1.82, 2.24) is 14.5 Å². The minimum Gasteiger partial charge on any atom is -0.383 e. The third-order valence-corrected chi connectivity index (χ3v) is 5.19. The molecular weight excluding hydrogens is 451 g/mol.